The van der Waals surface area contributed by atoms with Crippen molar-refractivity contribution in [2.75, 3.05) is 13.2 Å². The van der Waals surface area contributed by atoms with Gasteiger partial charge in [0.1, 0.15) is 0 Å². The summed E-state index contributed by atoms with van der Waals surface area (Å²) in [7, 11) is 0. The Bertz CT molecular complexity index is 951. The van der Waals surface area contributed by atoms with Gasteiger partial charge in [0.25, 0.3) is 0 Å². The zero-order chi connectivity index (χ0) is 20.6. The number of hydrogen-bond donors (Lipinski definition) is 1. The number of carbonyl (C=O) groups is 1. The number of carboxylic acids is 1. The molecule has 0 aliphatic carbocycles. The van der Waals surface area contributed by atoms with Crippen molar-refractivity contribution in [2.24, 2.45) is 0 Å². The Kier molecular flexibility index (Phi) is 6.84. The quantitative estimate of drug-likeness (QED) is 0.552. The summed E-state index contributed by atoms with van der Waals surface area (Å²) in [6, 6.07) is 15.4. The second kappa shape index (κ2) is 9.73. The van der Waals surface area contributed by atoms with Crippen LogP contribution < -0.4 is 9.47 Å². The van der Waals surface area contributed by atoms with E-state index >= 15 is 0 Å². The third kappa shape index (κ3) is 5.13. The summed E-state index contributed by atoms with van der Waals surface area (Å²) in [4.78, 5) is 15.8. The summed E-state index contributed by atoms with van der Waals surface area (Å²) in [5, 5.41) is 13.8. The van der Waals surface area contributed by atoms with Crippen molar-refractivity contribution in [1.29, 1.82) is 0 Å². The van der Waals surface area contributed by atoms with Crippen LogP contribution in [0.15, 0.2) is 48.5 Å². The Morgan fingerprint density at radius 2 is 1.69 bits per heavy atom. The summed E-state index contributed by atoms with van der Waals surface area (Å²) in [6.45, 7) is 5.63. The average molecular weight is 395 g/mol. The van der Waals surface area contributed by atoms with Gasteiger partial charge in [0.2, 0.25) is 0 Å². The van der Waals surface area contributed by atoms with Crippen molar-refractivity contribution in [3.63, 3.8) is 0 Å². The Labute approximate surface area is 169 Å². The van der Waals surface area contributed by atoms with Crippen LogP contribution in [0.5, 0.6) is 12.0 Å². The van der Waals surface area contributed by atoms with E-state index in [2.05, 4.69) is 10.1 Å². The molecule has 1 heterocycles. The molecule has 0 atom stereocenters. The van der Waals surface area contributed by atoms with Gasteiger partial charge in [-0.2, -0.15) is 0 Å². The summed E-state index contributed by atoms with van der Waals surface area (Å²) in [5.41, 5.74) is 2.81. The van der Waals surface area contributed by atoms with Crippen molar-refractivity contribution in [3.8, 4) is 23.1 Å². The first kappa shape index (κ1) is 20.4. The Morgan fingerprint density at radius 1 is 1.00 bits per heavy atom. The second-order valence-electron chi connectivity index (χ2n) is 6.58. The molecule has 152 valence electrons. The Hall–Kier alpha value is -3.35. The van der Waals surface area contributed by atoms with E-state index in [4.69, 9.17) is 9.47 Å². The Balaban J connectivity index is 1.81. The molecule has 0 aliphatic heterocycles. The Morgan fingerprint density at radius 3 is 2.38 bits per heavy atom. The van der Waals surface area contributed by atoms with Gasteiger partial charge in [0.05, 0.1) is 25.3 Å². The maximum Gasteiger partial charge on any atom is 0.338 e. The minimum atomic E-state index is -0.940. The van der Waals surface area contributed by atoms with E-state index in [1.807, 2.05) is 50.2 Å². The second-order valence-corrected chi connectivity index (χ2v) is 6.58. The molecule has 1 N–H and O–H groups in total. The van der Waals surface area contributed by atoms with Crippen LogP contribution in [0.1, 0.15) is 42.6 Å². The summed E-state index contributed by atoms with van der Waals surface area (Å²) in [5.74, 6) is -0.940. The van der Waals surface area contributed by atoms with Crippen LogP contribution in [0.4, 0.5) is 0 Å². The zero-order valence-electron chi connectivity index (χ0n) is 16.7. The first-order valence-corrected chi connectivity index (χ1v) is 9.74. The third-order valence-electron chi connectivity index (χ3n) is 4.24. The number of aromatic nitrogens is 3. The van der Waals surface area contributed by atoms with Crippen molar-refractivity contribution >= 4 is 5.97 Å². The van der Waals surface area contributed by atoms with Crippen molar-refractivity contribution in [2.45, 2.75) is 33.2 Å². The van der Waals surface area contributed by atoms with Gasteiger partial charge in [-0.25, -0.2) is 9.48 Å². The van der Waals surface area contributed by atoms with Crippen LogP contribution in [0.3, 0.4) is 0 Å². The number of carboxylic acid groups (broad SMARTS) is 1. The maximum atomic E-state index is 11.5. The summed E-state index contributed by atoms with van der Waals surface area (Å²) >= 11 is 0. The smallest absolute Gasteiger partial charge is 0.338 e. The van der Waals surface area contributed by atoms with Gasteiger partial charge in [-0.15, -0.1) is 10.1 Å². The van der Waals surface area contributed by atoms with Gasteiger partial charge < -0.3 is 14.6 Å². The van der Waals surface area contributed by atoms with E-state index in [9.17, 15) is 9.90 Å². The molecule has 0 radical (unpaired) electrons. The molecule has 0 aliphatic rings. The number of benzene rings is 2. The fourth-order valence-electron chi connectivity index (χ4n) is 2.85. The molecular weight excluding hydrogens is 370 g/mol. The number of nitrogens with zero attached hydrogens (tertiary/aromatic N) is 3. The van der Waals surface area contributed by atoms with Crippen LogP contribution in [0.25, 0.3) is 11.1 Å². The van der Waals surface area contributed by atoms with E-state index in [1.165, 1.54) is 0 Å². The SMILES string of the molecule is CCCOc1nc(OCCC)n(Cc2ccc(-c3ccccc3C(=O)O)cc2)n1. The highest BCUT2D eigenvalue weighted by Gasteiger charge is 2.14. The molecule has 0 saturated carbocycles. The largest absolute Gasteiger partial charge is 0.478 e. The molecule has 2 aromatic carbocycles. The lowest BCUT2D eigenvalue weighted by molar-refractivity contribution is 0.0697. The number of rotatable bonds is 10. The van der Waals surface area contributed by atoms with E-state index in [0.29, 0.717) is 37.3 Å². The molecule has 3 aromatic rings. The molecule has 0 unspecified atom stereocenters. The van der Waals surface area contributed by atoms with Crippen LogP contribution >= 0.6 is 0 Å². The highest BCUT2D eigenvalue weighted by molar-refractivity contribution is 5.95. The van der Waals surface area contributed by atoms with Crippen molar-refractivity contribution in [3.05, 3.63) is 59.7 Å². The molecular formula is C22H25N3O4. The van der Waals surface area contributed by atoms with Crippen LogP contribution in [0.2, 0.25) is 0 Å². The predicted octanol–water partition coefficient (Wildman–Crippen LogP) is 4.27. The van der Waals surface area contributed by atoms with Gasteiger partial charge in [-0.05, 0) is 35.6 Å². The standard InChI is InChI=1S/C22H25N3O4/c1-3-13-28-21-23-22(29-14-4-2)25(24-21)15-16-9-11-17(12-10-16)18-7-5-6-8-19(18)20(26)27/h5-12H,3-4,13-15H2,1-2H3,(H,26,27). The van der Waals surface area contributed by atoms with E-state index in [0.717, 1.165) is 24.0 Å². The molecule has 7 nitrogen and oxygen atoms in total. The molecule has 7 heteroatoms. The molecule has 29 heavy (non-hydrogen) atoms. The zero-order valence-corrected chi connectivity index (χ0v) is 16.7. The highest BCUT2D eigenvalue weighted by atomic mass is 16.5. The fraction of sp³-hybridized carbons (Fsp3) is 0.318. The molecule has 3 rings (SSSR count). The predicted molar refractivity (Wildman–Crippen MR) is 110 cm³/mol. The maximum absolute atomic E-state index is 11.5. The highest BCUT2D eigenvalue weighted by Crippen LogP contribution is 2.25. The van der Waals surface area contributed by atoms with Gasteiger partial charge in [0, 0.05) is 0 Å². The average Bonchev–Trinajstić information content (AvgIpc) is 3.12. The molecule has 0 fully saturated rings. The lowest BCUT2D eigenvalue weighted by Crippen LogP contribution is -2.07. The van der Waals surface area contributed by atoms with Gasteiger partial charge in [-0.3, -0.25) is 0 Å². The van der Waals surface area contributed by atoms with Crippen LogP contribution in [0, 0.1) is 0 Å². The minimum absolute atomic E-state index is 0.282. The third-order valence-corrected chi connectivity index (χ3v) is 4.24. The normalized spacial score (nSPS) is 10.7. The van der Waals surface area contributed by atoms with E-state index in [1.54, 1.807) is 16.8 Å². The first-order valence-electron chi connectivity index (χ1n) is 9.74. The molecule has 1 aromatic heterocycles. The fourth-order valence-corrected chi connectivity index (χ4v) is 2.85. The lowest BCUT2D eigenvalue weighted by Gasteiger charge is -2.09. The van der Waals surface area contributed by atoms with Gasteiger partial charge in [-0.1, -0.05) is 56.3 Å². The molecule has 0 spiro atoms. The first-order chi connectivity index (χ1) is 14.1. The van der Waals surface area contributed by atoms with Gasteiger partial charge >= 0.3 is 18.0 Å². The lowest BCUT2D eigenvalue weighted by atomic mass is 9.99. The number of aromatic carboxylic acids is 1. The summed E-state index contributed by atoms with van der Waals surface area (Å²) in [6.07, 6.45) is 1.74. The van der Waals surface area contributed by atoms with Crippen LogP contribution in [-0.4, -0.2) is 39.1 Å². The molecule has 0 amide bonds. The topological polar surface area (TPSA) is 86.5 Å². The van der Waals surface area contributed by atoms with Gasteiger partial charge in [0.15, 0.2) is 0 Å². The monoisotopic (exact) mass is 395 g/mol. The van der Waals surface area contributed by atoms with Crippen molar-refractivity contribution in [1.82, 2.24) is 14.8 Å². The van der Waals surface area contributed by atoms with Crippen molar-refractivity contribution < 1.29 is 19.4 Å². The molecule has 0 saturated heterocycles. The van der Waals surface area contributed by atoms with E-state index in [-0.39, 0.29) is 5.56 Å². The number of hydrogen-bond acceptors (Lipinski definition) is 5. The number of ether oxygens (including phenoxy) is 2. The molecule has 0 bridgehead atoms. The van der Waals surface area contributed by atoms with Crippen LogP contribution in [-0.2, 0) is 6.54 Å². The summed E-state index contributed by atoms with van der Waals surface area (Å²) < 4.78 is 12.9. The minimum Gasteiger partial charge on any atom is -0.478 e. The van der Waals surface area contributed by atoms with E-state index < -0.39 is 5.97 Å².